The second kappa shape index (κ2) is 5.61. The van der Waals surface area contributed by atoms with Gasteiger partial charge in [-0.2, -0.15) is 0 Å². The number of ketones is 1. The molecule has 1 atom stereocenters. The summed E-state index contributed by atoms with van der Waals surface area (Å²) in [5, 5.41) is 0. The molecule has 0 N–H and O–H groups in total. The van der Waals surface area contributed by atoms with Gasteiger partial charge in [-0.25, -0.2) is 0 Å². The van der Waals surface area contributed by atoms with Gasteiger partial charge in [0.2, 0.25) is 0 Å². The van der Waals surface area contributed by atoms with Crippen LogP contribution in [0.3, 0.4) is 0 Å². The van der Waals surface area contributed by atoms with Crippen molar-refractivity contribution < 1.29 is 9.53 Å². The van der Waals surface area contributed by atoms with Gasteiger partial charge in [0.25, 0.3) is 0 Å². The van der Waals surface area contributed by atoms with E-state index in [1.54, 1.807) is 13.3 Å². The monoisotopic (exact) mass is 207 g/mol. The van der Waals surface area contributed by atoms with Gasteiger partial charge in [-0.1, -0.05) is 6.92 Å². The number of aromatic nitrogens is 1. The number of rotatable bonds is 5. The van der Waals surface area contributed by atoms with Crippen molar-refractivity contribution >= 4 is 5.78 Å². The molecule has 0 saturated carbocycles. The van der Waals surface area contributed by atoms with Crippen molar-refractivity contribution in [1.29, 1.82) is 0 Å². The van der Waals surface area contributed by atoms with Crippen LogP contribution in [0.1, 0.15) is 29.4 Å². The third-order valence-corrected chi connectivity index (χ3v) is 2.37. The van der Waals surface area contributed by atoms with Gasteiger partial charge in [-0.05, 0) is 31.0 Å². The first-order valence-electron chi connectivity index (χ1n) is 5.11. The fraction of sp³-hybridized carbons (Fsp3) is 0.500. The van der Waals surface area contributed by atoms with E-state index >= 15 is 0 Å². The van der Waals surface area contributed by atoms with E-state index in [9.17, 15) is 4.79 Å². The van der Waals surface area contributed by atoms with Crippen molar-refractivity contribution in [2.24, 2.45) is 5.92 Å². The zero-order chi connectivity index (χ0) is 11.3. The zero-order valence-electron chi connectivity index (χ0n) is 9.49. The highest BCUT2D eigenvalue weighted by atomic mass is 16.5. The SMILES string of the molecule is COCCC(C)C(=O)c1cc(C)ccn1. The predicted molar refractivity (Wildman–Crippen MR) is 59.0 cm³/mol. The first-order chi connectivity index (χ1) is 7.15. The Hall–Kier alpha value is -1.22. The highest BCUT2D eigenvalue weighted by Gasteiger charge is 2.15. The lowest BCUT2D eigenvalue weighted by Gasteiger charge is -2.09. The fourth-order valence-electron chi connectivity index (χ4n) is 1.35. The number of hydrogen-bond donors (Lipinski definition) is 0. The van der Waals surface area contributed by atoms with Crippen molar-refractivity contribution in [1.82, 2.24) is 4.98 Å². The molecule has 0 aromatic carbocycles. The number of ether oxygens (including phenoxy) is 1. The third kappa shape index (κ3) is 3.44. The van der Waals surface area contributed by atoms with Gasteiger partial charge in [0.1, 0.15) is 5.69 Å². The van der Waals surface area contributed by atoms with E-state index in [4.69, 9.17) is 4.74 Å². The molecule has 1 rings (SSSR count). The average molecular weight is 207 g/mol. The Balaban J connectivity index is 2.67. The highest BCUT2D eigenvalue weighted by molar-refractivity contribution is 5.95. The molecule has 15 heavy (non-hydrogen) atoms. The van der Waals surface area contributed by atoms with Crippen molar-refractivity contribution in [3.8, 4) is 0 Å². The summed E-state index contributed by atoms with van der Waals surface area (Å²) in [6.45, 7) is 4.47. The van der Waals surface area contributed by atoms with E-state index in [1.807, 2.05) is 26.0 Å². The van der Waals surface area contributed by atoms with E-state index in [1.165, 1.54) is 0 Å². The van der Waals surface area contributed by atoms with Crippen molar-refractivity contribution in [3.05, 3.63) is 29.6 Å². The normalized spacial score (nSPS) is 12.5. The second-order valence-electron chi connectivity index (χ2n) is 3.77. The molecular weight excluding hydrogens is 190 g/mol. The van der Waals surface area contributed by atoms with Crippen LogP contribution in [0.4, 0.5) is 0 Å². The molecule has 1 aromatic heterocycles. The van der Waals surface area contributed by atoms with Crippen LogP contribution in [-0.4, -0.2) is 24.5 Å². The predicted octanol–water partition coefficient (Wildman–Crippen LogP) is 2.25. The molecule has 3 heteroatoms. The van der Waals surface area contributed by atoms with Gasteiger partial charge in [0.05, 0.1) is 0 Å². The number of methoxy groups -OCH3 is 1. The molecule has 0 aliphatic carbocycles. The lowest BCUT2D eigenvalue weighted by molar-refractivity contribution is 0.0888. The number of Topliss-reactive ketones (excluding diaryl/α,β-unsaturated/α-hetero) is 1. The molecule has 3 nitrogen and oxygen atoms in total. The van der Waals surface area contributed by atoms with E-state index < -0.39 is 0 Å². The summed E-state index contributed by atoms with van der Waals surface area (Å²) in [5.74, 6) is 0.0648. The molecule has 0 fully saturated rings. The van der Waals surface area contributed by atoms with Crippen LogP contribution in [0, 0.1) is 12.8 Å². The number of hydrogen-bond acceptors (Lipinski definition) is 3. The van der Waals surface area contributed by atoms with Gasteiger partial charge in [0, 0.05) is 25.8 Å². The number of carbonyl (C=O) groups excluding carboxylic acids is 1. The van der Waals surface area contributed by atoms with Gasteiger partial charge < -0.3 is 4.74 Å². The first-order valence-corrected chi connectivity index (χ1v) is 5.11. The number of nitrogens with zero attached hydrogens (tertiary/aromatic N) is 1. The maximum absolute atomic E-state index is 11.9. The van der Waals surface area contributed by atoms with Gasteiger partial charge in [-0.15, -0.1) is 0 Å². The van der Waals surface area contributed by atoms with Crippen LogP contribution >= 0.6 is 0 Å². The van der Waals surface area contributed by atoms with E-state index in [2.05, 4.69) is 4.98 Å². The minimum atomic E-state index is -0.0285. The summed E-state index contributed by atoms with van der Waals surface area (Å²) in [4.78, 5) is 16.0. The van der Waals surface area contributed by atoms with Crippen LogP contribution in [-0.2, 0) is 4.74 Å². The van der Waals surface area contributed by atoms with Crippen LogP contribution in [0.5, 0.6) is 0 Å². The molecule has 1 unspecified atom stereocenters. The molecule has 0 bridgehead atoms. The minimum Gasteiger partial charge on any atom is -0.385 e. The largest absolute Gasteiger partial charge is 0.385 e. The lowest BCUT2D eigenvalue weighted by atomic mass is 9.99. The van der Waals surface area contributed by atoms with Gasteiger partial charge in [-0.3, -0.25) is 9.78 Å². The molecule has 0 spiro atoms. The standard InChI is InChI=1S/C12H17NO2/c1-9-4-6-13-11(8-9)12(14)10(2)5-7-15-3/h4,6,8,10H,5,7H2,1-3H3. The quantitative estimate of drug-likeness (QED) is 0.695. The Bertz CT molecular complexity index is 336. The van der Waals surface area contributed by atoms with Crippen LogP contribution in [0.25, 0.3) is 0 Å². The third-order valence-electron chi connectivity index (χ3n) is 2.37. The van der Waals surface area contributed by atoms with E-state index in [-0.39, 0.29) is 11.7 Å². The Morgan fingerprint density at radius 1 is 1.60 bits per heavy atom. The molecular formula is C12H17NO2. The summed E-state index contributed by atoms with van der Waals surface area (Å²) >= 11 is 0. The van der Waals surface area contributed by atoms with E-state index in [0.29, 0.717) is 12.3 Å². The van der Waals surface area contributed by atoms with Gasteiger partial charge >= 0.3 is 0 Å². The Kier molecular flexibility index (Phi) is 4.43. The maximum Gasteiger partial charge on any atom is 0.184 e. The van der Waals surface area contributed by atoms with Crippen LogP contribution < -0.4 is 0 Å². The molecule has 82 valence electrons. The molecule has 1 heterocycles. The topological polar surface area (TPSA) is 39.2 Å². The molecule has 1 aromatic rings. The first kappa shape index (κ1) is 11.9. The highest BCUT2D eigenvalue weighted by Crippen LogP contribution is 2.11. The molecule has 0 saturated heterocycles. The summed E-state index contributed by atoms with van der Waals surface area (Å²) in [7, 11) is 1.64. The minimum absolute atomic E-state index is 0.0285. The summed E-state index contributed by atoms with van der Waals surface area (Å²) in [5.41, 5.74) is 1.62. The maximum atomic E-state index is 11.9. The van der Waals surface area contributed by atoms with Crippen LogP contribution in [0.15, 0.2) is 18.3 Å². The smallest absolute Gasteiger partial charge is 0.184 e. The second-order valence-corrected chi connectivity index (χ2v) is 3.77. The number of aryl methyl sites for hydroxylation is 1. The zero-order valence-corrected chi connectivity index (χ0v) is 9.49. The van der Waals surface area contributed by atoms with Crippen molar-refractivity contribution in [2.75, 3.05) is 13.7 Å². The van der Waals surface area contributed by atoms with Gasteiger partial charge in [0.15, 0.2) is 5.78 Å². The lowest BCUT2D eigenvalue weighted by Crippen LogP contribution is -2.14. The van der Waals surface area contributed by atoms with E-state index in [0.717, 1.165) is 12.0 Å². The molecule has 0 aliphatic heterocycles. The fourth-order valence-corrected chi connectivity index (χ4v) is 1.35. The summed E-state index contributed by atoms with van der Waals surface area (Å²) in [6.07, 6.45) is 2.41. The summed E-state index contributed by atoms with van der Waals surface area (Å²) < 4.78 is 4.95. The van der Waals surface area contributed by atoms with Crippen molar-refractivity contribution in [2.45, 2.75) is 20.3 Å². The Morgan fingerprint density at radius 3 is 2.93 bits per heavy atom. The average Bonchev–Trinajstić information content (AvgIpc) is 2.24. The molecule has 0 aliphatic rings. The number of carbonyl (C=O) groups is 1. The summed E-state index contributed by atoms with van der Waals surface area (Å²) in [6, 6.07) is 3.71. The Morgan fingerprint density at radius 2 is 2.33 bits per heavy atom. The van der Waals surface area contributed by atoms with Crippen LogP contribution in [0.2, 0.25) is 0 Å². The Labute approximate surface area is 90.5 Å². The molecule has 0 radical (unpaired) electrons. The number of pyridine rings is 1. The van der Waals surface area contributed by atoms with Crippen molar-refractivity contribution in [3.63, 3.8) is 0 Å². The molecule has 0 amide bonds.